The van der Waals surface area contributed by atoms with Crippen molar-refractivity contribution in [3.8, 4) is 0 Å². The molecule has 2 fully saturated rings. The largest absolute Gasteiger partial charge is 0.500 e. The molecule has 0 aliphatic heterocycles. The molecule has 3 aliphatic carbocycles. The lowest BCUT2D eigenvalue weighted by Gasteiger charge is -2.55. The maximum atomic E-state index is 13.5. The molecule has 0 amide bonds. The van der Waals surface area contributed by atoms with Crippen LogP contribution >= 0.6 is 0 Å². The number of allylic oxidation sites excluding steroid dienone is 2. The number of ether oxygens (including phenoxy) is 1. The first-order valence-corrected chi connectivity index (χ1v) is 14.1. The van der Waals surface area contributed by atoms with Crippen molar-refractivity contribution in [3.05, 3.63) is 47.2 Å². The van der Waals surface area contributed by atoms with E-state index in [-0.39, 0.29) is 17.1 Å². The van der Waals surface area contributed by atoms with E-state index < -0.39 is 23.1 Å². The van der Waals surface area contributed by atoms with Gasteiger partial charge >= 0.3 is 6.18 Å². The van der Waals surface area contributed by atoms with E-state index in [1.54, 1.807) is 19.3 Å². The standard InChI is InChI=1S/C31H44F3NO2/c1-6-19(2)24-10-11-25-22(13-15-35)26(12-14-29(24,25)3)30(4)18-23(27(36)17-28(30)37-5)20-8-7-9-21(16-20)31(32,33)34/h7-9,16-17,19,22-26H,6,10-15,18,35H2,1-5H3/t19?,22?,23?,24-,25+,26?,29-,30-/m1/s1. The van der Waals surface area contributed by atoms with Crippen LogP contribution in [0.25, 0.3) is 0 Å². The Morgan fingerprint density at radius 2 is 1.89 bits per heavy atom. The fraction of sp³-hybridized carbons (Fsp3) is 0.710. The number of rotatable bonds is 7. The Morgan fingerprint density at radius 3 is 2.51 bits per heavy atom. The summed E-state index contributed by atoms with van der Waals surface area (Å²) in [5, 5.41) is 0. The summed E-state index contributed by atoms with van der Waals surface area (Å²) in [4.78, 5) is 13.2. The highest BCUT2D eigenvalue weighted by Crippen LogP contribution is 2.66. The number of carbonyl (C=O) groups is 1. The van der Waals surface area contributed by atoms with Crippen molar-refractivity contribution in [3.63, 3.8) is 0 Å². The predicted molar refractivity (Wildman–Crippen MR) is 141 cm³/mol. The number of alkyl halides is 3. The third-order valence-electron chi connectivity index (χ3n) is 10.8. The summed E-state index contributed by atoms with van der Waals surface area (Å²) < 4.78 is 46.3. The van der Waals surface area contributed by atoms with Gasteiger partial charge in [-0.25, -0.2) is 0 Å². The van der Waals surface area contributed by atoms with Gasteiger partial charge in [-0.15, -0.1) is 0 Å². The maximum absolute atomic E-state index is 13.5. The molecule has 6 heteroatoms. The molecule has 3 nitrogen and oxygen atoms in total. The van der Waals surface area contributed by atoms with Gasteiger partial charge in [0.15, 0.2) is 5.78 Å². The molecule has 0 bridgehead atoms. The van der Waals surface area contributed by atoms with E-state index in [1.807, 2.05) is 0 Å². The first kappa shape index (κ1) is 28.2. The van der Waals surface area contributed by atoms with E-state index in [4.69, 9.17) is 10.5 Å². The Bertz CT molecular complexity index is 1020. The summed E-state index contributed by atoms with van der Waals surface area (Å²) in [6, 6.07) is 5.29. The molecule has 3 aliphatic rings. The minimum atomic E-state index is -4.45. The molecule has 4 unspecified atom stereocenters. The van der Waals surface area contributed by atoms with Crippen molar-refractivity contribution in [1.29, 1.82) is 0 Å². The van der Waals surface area contributed by atoms with Gasteiger partial charge < -0.3 is 10.5 Å². The van der Waals surface area contributed by atoms with Crippen LogP contribution in [0, 0.1) is 40.4 Å². The van der Waals surface area contributed by atoms with Crippen molar-refractivity contribution in [2.24, 2.45) is 46.2 Å². The number of fused-ring (bicyclic) bond motifs is 1. The molecule has 0 spiro atoms. The van der Waals surface area contributed by atoms with Crippen LogP contribution in [-0.2, 0) is 15.7 Å². The third kappa shape index (κ3) is 4.88. The molecule has 1 aromatic rings. The van der Waals surface area contributed by atoms with Gasteiger partial charge in [0.25, 0.3) is 0 Å². The van der Waals surface area contributed by atoms with Crippen molar-refractivity contribution < 1.29 is 22.7 Å². The normalized spacial score (nSPS) is 37.2. The van der Waals surface area contributed by atoms with Crippen LogP contribution in [0.1, 0.15) is 89.7 Å². The summed E-state index contributed by atoms with van der Waals surface area (Å²) >= 11 is 0. The number of carbonyl (C=O) groups excluding carboxylic acids is 1. The average molecular weight is 520 g/mol. The Morgan fingerprint density at radius 1 is 1.16 bits per heavy atom. The summed E-state index contributed by atoms with van der Waals surface area (Å²) in [6.07, 6.45) is 4.29. The van der Waals surface area contributed by atoms with Crippen LogP contribution in [-0.4, -0.2) is 19.4 Å². The van der Waals surface area contributed by atoms with Crippen LogP contribution < -0.4 is 5.73 Å². The Balaban J connectivity index is 1.71. The fourth-order valence-corrected chi connectivity index (χ4v) is 8.79. The lowest BCUT2D eigenvalue weighted by molar-refractivity contribution is -0.137. The maximum Gasteiger partial charge on any atom is 0.416 e. The van der Waals surface area contributed by atoms with Crippen molar-refractivity contribution in [1.82, 2.24) is 0 Å². The van der Waals surface area contributed by atoms with E-state index in [9.17, 15) is 18.0 Å². The topological polar surface area (TPSA) is 52.3 Å². The quantitative estimate of drug-likeness (QED) is 0.401. The fourth-order valence-electron chi connectivity index (χ4n) is 8.79. The van der Waals surface area contributed by atoms with Crippen molar-refractivity contribution >= 4 is 5.78 Å². The number of ketones is 1. The smallest absolute Gasteiger partial charge is 0.416 e. The number of nitrogens with two attached hydrogens (primary N) is 1. The van der Waals surface area contributed by atoms with Gasteiger partial charge in [-0.1, -0.05) is 52.3 Å². The second-order valence-electron chi connectivity index (χ2n) is 12.5. The van der Waals surface area contributed by atoms with E-state index in [2.05, 4.69) is 27.7 Å². The second-order valence-corrected chi connectivity index (χ2v) is 12.5. The number of methoxy groups -OCH3 is 1. The van der Waals surface area contributed by atoms with Crippen LogP contribution in [0.2, 0.25) is 0 Å². The highest BCUT2D eigenvalue weighted by molar-refractivity contribution is 5.97. The van der Waals surface area contributed by atoms with E-state index in [0.29, 0.717) is 48.0 Å². The molecule has 0 heterocycles. The van der Waals surface area contributed by atoms with Crippen molar-refractivity contribution in [2.75, 3.05) is 13.7 Å². The molecule has 1 aromatic carbocycles. The highest BCUT2D eigenvalue weighted by Gasteiger charge is 2.59. The molecule has 0 saturated heterocycles. The Hall–Kier alpha value is -1.82. The Kier molecular flexibility index (Phi) is 7.92. The number of hydrogen-bond acceptors (Lipinski definition) is 3. The lowest BCUT2D eigenvalue weighted by atomic mass is 9.49. The van der Waals surface area contributed by atoms with Gasteiger partial charge in [0.2, 0.25) is 0 Å². The Labute approximate surface area is 220 Å². The minimum absolute atomic E-state index is 0.178. The van der Waals surface area contributed by atoms with E-state index >= 15 is 0 Å². The van der Waals surface area contributed by atoms with Gasteiger partial charge in [-0.05, 0) is 91.7 Å². The van der Waals surface area contributed by atoms with Gasteiger partial charge in [0.05, 0.1) is 12.7 Å². The zero-order chi connectivity index (χ0) is 27.2. The summed E-state index contributed by atoms with van der Waals surface area (Å²) in [5.41, 5.74) is 5.76. The van der Waals surface area contributed by atoms with E-state index in [1.165, 1.54) is 25.3 Å². The summed E-state index contributed by atoms with van der Waals surface area (Å²) in [7, 11) is 1.61. The van der Waals surface area contributed by atoms with Gasteiger partial charge in [0, 0.05) is 17.4 Å². The van der Waals surface area contributed by atoms with Crippen LogP contribution in [0.3, 0.4) is 0 Å². The number of hydrogen-bond donors (Lipinski definition) is 1. The molecule has 4 rings (SSSR count). The summed E-state index contributed by atoms with van der Waals surface area (Å²) in [6.45, 7) is 9.95. The zero-order valence-corrected chi connectivity index (χ0v) is 23.0. The van der Waals surface area contributed by atoms with Gasteiger partial charge in [0.1, 0.15) is 5.76 Å². The van der Waals surface area contributed by atoms with Crippen LogP contribution in [0.4, 0.5) is 13.2 Å². The summed E-state index contributed by atoms with van der Waals surface area (Å²) in [5.74, 6) is 2.50. The molecule has 0 aromatic heterocycles. The number of benzene rings is 1. The molecular weight excluding hydrogens is 475 g/mol. The van der Waals surface area contributed by atoms with E-state index in [0.717, 1.165) is 31.4 Å². The van der Waals surface area contributed by atoms with Gasteiger partial charge in [-0.3, -0.25) is 4.79 Å². The average Bonchev–Trinajstić information content (AvgIpc) is 3.22. The molecule has 206 valence electrons. The lowest BCUT2D eigenvalue weighted by Crippen LogP contribution is -2.50. The highest BCUT2D eigenvalue weighted by atomic mass is 19.4. The van der Waals surface area contributed by atoms with Crippen molar-refractivity contribution in [2.45, 2.75) is 84.7 Å². The van der Waals surface area contributed by atoms with Crippen LogP contribution in [0.15, 0.2) is 36.1 Å². The SMILES string of the molecule is CCC(C)[C@H]1CC[C@H]2C(CCN)C([C@@]3(C)CC(c4cccc(C(F)(F)F)c4)C(=O)C=C3OC)CC[C@]12C. The first-order valence-electron chi connectivity index (χ1n) is 14.1. The monoisotopic (exact) mass is 519 g/mol. The second kappa shape index (κ2) is 10.4. The minimum Gasteiger partial charge on any atom is -0.500 e. The van der Waals surface area contributed by atoms with Crippen LogP contribution in [0.5, 0.6) is 0 Å². The molecule has 37 heavy (non-hydrogen) atoms. The number of halogens is 3. The molecule has 2 N–H and O–H groups in total. The first-order chi connectivity index (χ1) is 17.4. The third-order valence-corrected chi connectivity index (χ3v) is 10.8. The zero-order valence-electron chi connectivity index (χ0n) is 23.0. The molecular formula is C31H44F3NO2. The predicted octanol–water partition coefficient (Wildman–Crippen LogP) is 7.75. The molecule has 8 atom stereocenters. The molecule has 0 radical (unpaired) electrons. The van der Waals surface area contributed by atoms with Gasteiger partial charge in [-0.2, -0.15) is 13.2 Å². The molecule has 2 saturated carbocycles.